The SMILES string of the molecule is Cc1nn(C)c(Cl)c1CN1CCC[C@@H](CCC(=O)NCc2ccccc2F)C1. The molecular weight excluding hydrogens is 379 g/mol. The number of hydrogen-bond acceptors (Lipinski definition) is 3. The number of benzene rings is 1. The molecule has 7 heteroatoms. The number of likely N-dealkylation sites (tertiary alicyclic amines) is 1. The number of nitrogens with zero attached hydrogens (tertiary/aromatic N) is 3. The fraction of sp³-hybridized carbons (Fsp3) is 0.524. The molecule has 0 saturated carbocycles. The molecule has 1 N–H and O–H groups in total. The van der Waals surface area contributed by atoms with Gasteiger partial charge in [-0.15, -0.1) is 0 Å². The van der Waals surface area contributed by atoms with Crippen LogP contribution in [-0.4, -0.2) is 33.7 Å². The van der Waals surface area contributed by atoms with Crippen molar-refractivity contribution < 1.29 is 9.18 Å². The van der Waals surface area contributed by atoms with E-state index in [1.54, 1.807) is 22.9 Å². The smallest absolute Gasteiger partial charge is 0.220 e. The van der Waals surface area contributed by atoms with E-state index in [1.165, 1.54) is 6.07 Å². The highest BCUT2D eigenvalue weighted by Crippen LogP contribution is 2.26. The van der Waals surface area contributed by atoms with E-state index in [2.05, 4.69) is 15.3 Å². The molecule has 1 aromatic heterocycles. The quantitative estimate of drug-likeness (QED) is 0.760. The lowest BCUT2D eigenvalue weighted by Crippen LogP contribution is -2.35. The molecule has 1 aromatic carbocycles. The van der Waals surface area contributed by atoms with Gasteiger partial charge in [0.15, 0.2) is 0 Å². The van der Waals surface area contributed by atoms with Crippen molar-refractivity contribution in [1.82, 2.24) is 20.0 Å². The summed E-state index contributed by atoms with van der Waals surface area (Å²) in [7, 11) is 1.86. The molecule has 152 valence electrons. The van der Waals surface area contributed by atoms with Gasteiger partial charge in [0.1, 0.15) is 11.0 Å². The maximum atomic E-state index is 13.6. The maximum absolute atomic E-state index is 13.6. The topological polar surface area (TPSA) is 50.2 Å². The standard InChI is InChI=1S/C21H28ClFN4O/c1-15-18(21(22)26(2)25-15)14-27-11-5-6-16(13-27)9-10-20(28)24-12-17-7-3-4-8-19(17)23/h3-4,7-8,16H,5-6,9-14H2,1-2H3,(H,24,28)/t16-/m0/s1. The van der Waals surface area contributed by atoms with E-state index in [0.29, 0.717) is 23.1 Å². The van der Waals surface area contributed by atoms with E-state index in [-0.39, 0.29) is 18.3 Å². The van der Waals surface area contributed by atoms with Crippen LogP contribution in [0.5, 0.6) is 0 Å². The van der Waals surface area contributed by atoms with Gasteiger partial charge in [-0.25, -0.2) is 4.39 Å². The second-order valence-corrected chi connectivity index (χ2v) is 7.99. The molecule has 0 spiro atoms. The Hall–Kier alpha value is -1.92. The number of rotatable bonds is 7. The van der Waals surface area contributed by atoms with Crippen molar-refractivity contribution in [2.75, 3.05) is 13.1 Å². The Morgan fingerprint density at radius 3 is 2.89 bits per heavy atom. The van der Waals surface area contributed by atoms with E-state index < -0.39 is 0 Å². The summed E-state index contributed by atoms with van der Waals surface area (Å²) < 4.78 is 15.3. The number of piperidine rings is 1. The molecule has 1 saturated heterocycles. The summed E-state index contributed by atoms with van der Waals surface area (Å²) in [5.74, 6) is 0.185. The fourth-order valence-corrected chi connectivity index (χ4v) is 4.10. The number of carbonyl (C=O) groups excluding carboxylic acids is 1. The Morgan fingerprint density at radius 1 is 1.39 bits per heavy atom. The molecule has 5 nitrogen and oxygen atoms in total. The third kappa shape index (κ3) is 5.32. The van der Waals surface area contributed by atoms with Gasteiger partial charge in [0.05, 0.1) is 5.69 Å². The van der Waals surface area contributed by atoms with Crippen LogP contribution < -0.4 is 5.32 Å². The first-order valence-electron chi connectivity index (χ1n) is 9.84. The number of hydrogen-bond donors (Lipinski definition) is 1. The third-order valence-electron chi connectivity index (χ3n) is 5.47. The Labute approximate surface area is 170 Å². The molecule has 2 aromatic rings. The van der Waals surface area contributed by atoms with Crippen LogP contribution in [0.2, 0.25) is 5.15 Å². The molecule has 1 fully saturated rings. The number of carbonyl (C=O) groups is 1. The zero-order chi connectivity index (χ0) is 20.1. The van der Waals surface area contributed by atoms with Gasteiger partial charge in [-0.3, -0.25) is 14.4 Å². The molecule has 0 bridgehead atoms. The monoisotopic (exact) mass is 406 g/mol. The van der Waals surface area contributed by atoms with Gasteiger partial charge >= 0.3 is 0 Å². The number of aromatic nitrogens is 2. The van der Waals surface area contributed by atoms with Gasteiger partial charge in [-0.1, -0.05) is 29.8 Å². The first-order valence-corrected chi connectivity index (χ1v) is 10.2. The van der Waals surface area contributed by atoms with Crippen LogP contribution in [-0.2, 0) is 24.9 Å². The molecule has 0 unspecified atom stereocenters. The van der Waals surface area contributed by atoms with Crippen LogP contribution in [0.15, 0.2) is 24.3 Å². The van der Waals surface area contributed by atoms with Crippen molar-refractivity contribution in [3.8, 4) is 0 Å². The Bertz CT molecular complexity index is 823. The summed E-state index contributed by atoms with van der Waals surface area (Å²) in [4.78, 5) is 14.6. The minimum Gasteiger partial charge on any atom is -0.352 e. The predicted octanol–water partition coefficient (Wildman–Crippen LogP) is 3.83. The lowest BCUT2D eigenvalue weighted by molar-refractivity contribution is -0.121. The molecule has 28 heavy (non-hydrogen) atoms. The van der Waals surface area contributed by atoms with E-state index in [0.717, 1.165) is 50.2 Å². The highest BCUT2D eigenvalue weighted by Gasteiger charge is 2.23. The number of aryl methyl sites for hydroxylation is 2. The van der Waals surface area contributed by atoms with E-state index in [4.69, 9.17) is 11.6 Å². The van der Waals surface area contributed by atoms with Crippen molar-refractivity contribution in [2.24, 2.45) is 13.0 Å². The van der Waals surface area contributed by atoms with Gasteiger partial charge < -0.3 is 5.32 Å². The molecular formula is C21H28ClFN4O. The largest absolute Gasteiger partial charge is 0.352 e. The van der Waals surface area contributed by atoms with E-state index >= 15 is 0 Å². The molecule has 0 radical (unpaired) electrons. The maximum Gasteiger partial charge on any atom is 0.220 e. The van der Waals surface area contributed by atoms with Crippen molar-refractivity contribution in [3.05, 3.63) is 52.1 Å². The summed E-state index contributed by atoms with van der Waals surface area (Å²) in [5, 5.41) is 7.91. The van der Waals surface area contributed by atoms with Gasteiger partial charge in [0.25, 0.3) is 0 Å². The first-order chi connectivity index (χ1) is 13.4. The molecule has 0 aliphatic carbocycles. The average Bonchev–Trinajstić information content (AvgIpc) is 2.92. The van der Waals surface area contributed by atoms with Gasteiger partial charge in [-0.2, -0.15) is 5.10 Å². The summed E-state index contributed by atoms with van der Waals surface area (Å²) in [6.45, 7) is 5.03. The number of amides is 1. The van der Waals surface area contributed by atoms with Crippen molar-refractivity contribution >= 4 is 17.5 Å². The second-order valence-electron chi connectivity index (χ2n) is 7.63. The molecule has 1 aliphatic heterocycles. The van der Waals surface area contributed by atoms with Crippen LogP contribution in [0.3, 0.4) is 0 Å². The van der Waals surface area contributed by atoms with Gasteiger partial charge in [0.2, 0.25) is 5.91 Å². The first kappa shape index (κ1) is 20.8. The predicted molar refractivity (Wildman–Crippen MR) is 108 cm³/mol. The molecule has 2 heterocycles. The molecule has 1 amide bonds. The van der Waals surface area contributed by atoms with Crippen LogP contribution in [0, 0.1) is 18.7 Å². The Kier molecular flexibility index (Phi) is 7.08. The van der Waals surface area contributed by atoms with Crippen LogP contribution in [0.1, 0.15) is 42.5 Å². The molecule has 1 atom stereocenters. The summed E-state index contributed by atoms with van der Waals surface area (Å²) in [6.07, 6.45) is 3.58. The third-order valence-corrected chi connectivity index (χ3v) is 5.94. The zero-order valence-electron chi connectivity index (χ0n) is 16.5. The summed E-state index contributed by atoms with van der Waals surface area (Å²) in [5.41, 5.74) is 2.58. The number of halogens is 2. The van der Waals surface area contributed by atoms with E-state index in [1.807, 2.05) is 14.0 Å². The summed E-state index contributed by atoms with van der Waals surface area (Å²) >= 11 is 6.36. The minimum atomic E-state index is -0.282. The fourth-order valence-electron chi connectivity index (χ4n) is 3.87. The zero-order valence-corrected chi connectivity index (χ0v) is 17.3. The Morgan fingerprint density at radius 2 is 2.18 bits per heavy atom. The second kappa shape index (κ2) is 9.52. The van der Waals surface area contributed by atoms with Crippen LogP contribution in [0.4, 0.5) is 4.39 Å². The van der Waals surface area contributed by atoms with Crippen molar-refractivity contribution in [3.63, 3.8) is 0 Å². The van der Waals surface area contributed by atoms with Crippen molar-refractivity contribution in [1.29, 1.82) is 0 Å². The molecule has 3 rings (SSSR count). The van der Waals surface area contributed by atoms with Crippen LogP contribution in [0.25, 0.3) is 0 Å². The average molecular weight is 407 g/mol. The molecule has 1 aliphatic rings. The lowest BCUT2D eigenvalue weighted by Gasteiger charge is -2.32. The minimum absolute atomic E-state index is 0.0217. The normalized spacial score (nSPS) is 17.6. The lowest BCUT2D eigenvalue weighted by atomic mass is 9.93. The van der Waals surface area contributed by atoms with E-state index in [9.17, 15) is 9.18 Å². The van der Waals surface area contributed by atoms with Gasteiger partial charge in [0, 0.05) is 44.2 Å². The Balaban J connectivity index is 1.44. The number of nitrogens with one attached hydrogen (secondary N) is 1. The highest BCUT2D eigenvalue weighted by molar-refractivity contribution is 6.30. The van der Waals surface area contributed by atoms with Crippen LogP contribution >= 0.6 is 11.6 Å². The summed E-state index contributed by atoms with van der Waals surface area (Å²) in [6, 6.07) is 6.53. The van der Waals surface area contributed by atoms with Gasteiger partial charge in [-0.05, 0) is 44.7 Å². The highest BCUT2D eigenvalue weighted by atomic mass is 35.5. The van der Waals surface area contributed by atoms with Crippen molar-refractivity contribution in [2.45, 2.75) is 45.7 Å².